The molecular weight excluding hydrogens is 236 g/mol. The number of hydrogen-bond donors (Lipinski definition) is 3. The standard InChI is InChI=1S/C12H18N2O4/c1-2-13-10(15)7-14-11(16)8-5-3-4-6-9(8)12(17)18/h3-4,8-9H,2,5-7H2,1H3,(H,13,15)(H,14,16)(H,17,18)/t8-,9+/m1/s1. The first kappa shape index (κ1) is 14.2. The number of carbonyl (C=O) groups is 3. The fourth-order valence-electron chi connectivity index (χ4n) is 1.94. The number of hydrogen-bond acceptors (Lipinski definition) is 3. The molecule has 100 valence electrons. The molecule has 1 aliphatic rings. The van der Waals surface area contributed by atoms with Gasteiger partial charge in [-0.05, 0) is 19.8 Å². The van der Waals surface area contributed by atoms with Crippen LogP contribution < -0.4 is 10.6 Å². The number of nitrogens with one attached hydrogen (secondary N) is 2. The lowest BCUT2D eigenvalue weighted by atomic mass is 9.82. The Kier molecular flexibility index (Phi) is 5.35. The van der Waals surface area contributed by atoms with Crippen LogP contribution in [0, 0.1) is 11.8 Å². The van der Waals surface area contributed by atoms with E-state index in [1.165, 1.54) is 0 Å². The summed E-state index contributed by atoms with van der Waals surface area (Å²) in [6, 6.07) is 0. The Labute approximate surface area is 105 Å². The topological polar surface area (TPSA) is 95.5 Å². The molecule has 0 radical (unpaired) electrons. The quantitative estimate of drug-likeness (QED) is 0.597. The number of carbonyl (C=O) groups excluding carboxylic acids is 2. The first-order valence-corrected chi connectivity index (χ1v) is 5.98. The Morgan fingerprint density at radius 3 is 2.33 bits per heavy atom. The highest BCUT2D eigenvalue weighted by Crippen LogP contribution is 2.25. The van der Waals surface area contributed by atoms with Gasteiger partial charge in [0.2, 0.25) is 11.8 Å². The fourth-order valence-corrected chi connectivity index (χ4v) is 1.94. The van der Waals surface area contributed by atoms with Crippen LogP contribution in [-0.4, -0.2) is 36.0 Å². The number of carboxylic acid groups (broad SMARTS) is 1. The van der Waals surface area contributed by atoms with E-state index in [1.807, 2.05) is 0 Å². The summed E-state index contributed by atoms with van der Waals surface area (Å²) in [4.78, 5) is 34.0. The van der Waals surface area contributed by atoms with Gasteiger partial charge in [-0.1, -0.05) is 12.2 Å². The van der Waals surface area contributed by atoms with Crippen LogP contribution in [0.1, 0.15) is 19.8 Å². The van der Waals surface area contributed by atoms with Crippen LogP contribution in [0.15, 0.2) is 12.2 Å². The van der Waals surface area contributed by atoms with Crippen LogP contribution in [-0.2, 0) is 14.4 Å². The highest BCUT2D eigenvalue weighted by Gasteiger charge is 2.33. The summed E-state index contributed by atoms with van der Waals surface area (Å²) < 4.78 is 0. The second-order valence-electron chi connectivity index (χ2n) is 4.17. The van der Waals surface area contributed by atoms with Gasteiger partial charge >= 0.3 is 5.97 Å². The number of amides is 2. The third-order valence-electron chi connectivity index (χ3n) is 2.88. The first-order valence-electron chi connectivity index (χ1n) is 5.98. The molecule has 0 aromatic rings. The summed E-state index contributed by atoms with van der Waals surface area (Å²) in [7, 11) is 0. The zero-order valence-electron chi connectivity index (χ0n) is 10.3. The van der Waals surface area contributed by atoms with E-state index in [-0.39, 0.29) is 18.4 Å². The highest BCUT2D eigenvalue weighted by molar-refractivity contribution is 5.88. The molecule has 0 saturated heterocycles. The average molecular weight is 254 g/mol. The lowest BCUT2D eigenvalue weighted by molar-refractivity contribution is -0.147. The molecule has 0 bridgehead atoms. The monoisotopic (exact) mass is 254 g/mol. The summed E-state index contributed by atoms with van der Waals surface area (Å²) in [6.45, 7) is 2.17. The Morgan fingerprint density at radius 2 is 1.78 bits per heavy atom. The van der Waals surface area contributed by atoms with Crippen molar-refractivity contribution in [3.05, 3.63) is 12.2 Å². The normalized spacial score (nSPS) is 22.3. The van der Waals surface area contributed by atoms with Crippen LogP contribution >= 0.6 is 0 Å². The molecule has 2 atom stereocenters. The van der Waals surface area contributed by atoms with Gasteiger partial charge < -0.3 is 15.7 Å². The van der Waals surface area contributed by atoms with Crippen molar-refractivity contribution in [2.24, 2.45) is 11.8 Å². The van der Waals surface area contributed by atoms with Crippen molar-refractivity contribution in [2.45, 2.75) is 19.8 Å². The molecule has 0 saturated carbocycles. The van der Waals surface area contributed by atoms with Gasteiger partial charge in [0.05, 0.1) is 18.4 Å². The van der Waals surface area contributed by atoms with Crippen molar-refractivity contribution in [1.82, 2.24) is 10.6 Å². The Morgan fingerprint density at radius 1 is 1.17 bits per heavy atom. The van der Waals surface area contributed by atoms with Crippen LogP contribution in [0.25, 0.3) is 0 Å². The van der Waals surface area contributed by atoms with Crippen LogP contribution in [0.2, 0.25) is 0 Å². The van der Waals surface area contributed by atoms with Crippen molar-refractivity contribution in [3.63, 3.8) is 0 Å². The Bertz CT molecular complexity index is 365. The lowest BCUT2D eigenvalue weighted by Crippen LogP contribution is -2.43. The van der Waals surface area contributed by atoms with Gasteiger partial charge in [-0.15, -0.1) is 0 Å². The SMILES string of the molecule is CCNC(=O)CNC(=O)[C@@H]1CC=CC[C@@H]1C(=O)O. The molecule has 0 aromatic carbocycles. The van der Waals surface area contributed by atoms with E-state index in [9.17, 15) is 14.4 Å². The van der Waals surface area contributed by atoms with Gasteiger partial charge in [0.15, 0.2) is 0 Å². The van der Waals surface area contributed by atoms with Gasteiger partial charge in [-0.2, -0.15) is 0 Å². The predicted molar refractivity (Wildman–Crippen MR) is 64.7 cm³/mol. The van der Waals surface area contributed by atoms with Crippen molar-refractivity contribution >= 4 is 17.8 Å². The molecule has 0 spiro atoms. The van der Waals surface area contributed by atoms with E-state index in [4.69, 9.17) is 5.11 Å². The Hall–Kier alpha value is -1.85. The third kappa shape index (κ3) is 3.87. The second-order valence-corrected chi connectivity index (χ2v) is 4.17. The van der Waals surface area contributed by atoms with E-state index >= 15 is 0 Å². The molecule has 6 nitrogen and oxygen atoms in total. The molecule has 6 heteroatoms. The van der Waals surface area contributed by atoms with E-state index in [1.54, 1.807) is 19.1 Å². The van der Waals surface area contributed by atoms with Gasteiger partial charge in [0.1, 0.15) is 0 Å². The zero-order valence-corrected chi connectivity index (χ0v) is 10.3. The fraction of sp³-hybridized carbons (Fsp3) is 0.583. The minimum absolute atomic E-state index is 0.112. The first-order chi connectivity index (χ1) is 8.56. The van der Waals surface area contributed by atoms with E-state index in [0.29, 0.717) is 19.4 Å². The number of aliphatic carboxylic acids is 1. The van der Waals surface area contributed by atoms with Crippen molar-refractivity contribution in [3.8, 4) is 0 Å². The smallest absolute Gasteiger partial charge is 0.307 e. The molecular formula is C12H18N2O4. The number of likely N-dealkylation sites (N-methyl/N-ethyl adjacent to an activating group) is 1. The molecule has 1 aliphatic carbocycles. The number of allylic oxidation sites excluding steroid dienone is 2. The van der Waals surface area contributed by atoms with Crippen molar-refractivity contribution in [2.75, 3.05) is 13.1 Å². The van der Waals surface area contributed by atoms with Crippen LogP contribution in [0.5, 0.6) is 0 Å². The molecule has 0 unspecified atom stereocenters. The summed E-state index contributed by atoms with van der Waals surface area (Å²) >= 11 is 0. The Balaban J connectivity index is 2.51. The van der Waals surface area contributed by atoms with Gasteiger partial charge in [0.25, 0.3) is 0 Å². The van der Waals surface area contributed by atoms with E-state index < -0.39 is 17.8 Å². The summed E-state index contributed by atoms with van der Waals surface area (Å²) in [6.07, 6.45) is 4.33. The van der Waals surface area contributed by atoms with Crippen molar-refractivity contribution < 1.29 is 19.5 Å². The maximum Gasteiger partial charge on any atom is 0.307 e. The molecule has 1 rings (SSSR count). The maximum atomic E-state index is 11.8. The van der Waals surface area contributed by atoms with Gasteiger partial charge in [-0.25, -0.2) is 0 Å². The summed E-state index contributed by atoms with van der Waals surface area (Å²) in [5.41, 5.74) is 0. The van der Waals surface area contributed by atoms with Crippen LogP contribution in [0.4, 0.5) is 0 Å². The minimum atomic E-state index is -0.975. The van der Waals surface area contributed by atoms with Crippen molar-refractivity contribution in [1.29, 1.82) is 0 Å². The molecule has 0 aromatic heterocycles. The van der Waals surface area contributed by atoms with Crippen LogP contribution in [0.3, 0.4) is 0 Å². The van der Waals surface area contributed by atoms with Gasteiger partial charge in [0, 0.05) is 6.54 Å². The third-order valence-corrected chi connectivity index (χ3v) is 2.88. The average Bonchev–Trinajstić information content (AvgIpc) is 2.36. The second kappa shape index (κ2) is 6.78. The predicted octanol–water partition coefficient (Wildman–Crippen LogP) is -0.0943. The molecule has 0 fully saturated rings. The summed E-state index contributed by atoms with van der Waals surface area (Å²) in [5, 5.41) is 14.1. The lowest BCUT2D eigenvalue weighted by Gasteiger charge is -2.24. The molecule has 3 N–H and O–H groups in total. The number of carboxylic acids is 1. The van der Waals surface area contributed by atoms with Gasteiger partial charge in [-0.3, -0.25) is 14.4 Å². The number of rotatable bonds is 5. The summed E-state index contributed by atoms with van der Waals surface area (Å²) in [5.74, 6) is -2.93. The maximum absolute atomic E-state index is 11.8. The van der Waals surface area contributed by atoms with E-state index in [0.717, 1.165) is 0 Å². The largest absolute Gasteiger partial charge is 0.481 e. The minimum Gasteiger partial charge on any atom is -0.481 e. The zero-order chi connectivity index (χ0) is 13.5. The molecule has 2 amide bonds. The highest BCUT2D eigenvalue weighted by atomic mass is 16.4. The molecule has 18 heavy (non-hydrogen) atoms. The molecule has 0 aliphatic heterocycles. The molecule has 0 heterocycles. The van der Waals surface area contributed by atoms with E-state index in [2.05, 4.69) is 10.6 Å².